The van der Waals surface area contributed by atoms with Crippen LogP contribution >= 0.6 is 36.2 Å². The summed E-state index contributed by atoms with van der Waals surface area (Å²) in [5.41, 5.74) is 5.61. The van der Waals surface area contributed by atoms with Crippen LogP contribution in [0.3, 0.4) is 0 Å². The summed E-state index contributed by atoms with van der Waals surface area (Å²) in [6.07, 6.45) is 2.65. The Balaban J connectivity index is 0.00000144. The highest BCUT2D eigenvalue weighted by molar-refractivity contribution is 7.09. The Bertz CT molecular complexity index is 482. The van der Waals surface area contributed by atoms with Gasteiger partial charge in [0, 0.05) is 44.1 Å². The van der Waals surface area contributed by atoms with E-state index in [0.29, 0.717) is 6.54 Å². The monoisotopic (exact) mass is 395 g/mol. The second-order valence-corrected chi connectivity index (χ2v) is 7.09. The van der Waals surface area contributed by atoms with Gasteiger partial charge in [-0.3, -0.25) is 9.69 Å². The van der Waals surface area contributed by atoms with E-state index in [2.05, 4.69) is 22.4 Å². The molecule has 8 heteroatoms. The number of piperazine rings is 1. The number of halogens is 2. The maximum Gasteiger partial charge on any atom is 0.251 e. The van der Waals surface area contributed by atoms with Crippen molar-refractivity contribution in [2.24, 2.45) is 5.73 Å². The lowest BCUT2D eigenvalue weighted by atomic mass is 10.1. The van der Waals surface area contributed by atoms with Crippen LogP contribution in [0, 0.1) is 0 Å². The Morgan fingerprint density at radius 3 is 2.58 bits per heavy atom. The lowest BCUT2D eigenvalue weighted by Crippen LogP contribution is -2.51. The van der Waals surface area contributed by atoms with Gasteiger partial charge in [-0.25, -0.2) is 0 Å². The van der Waals surface area contributed by atoms with E-state index >= 15 is 0 Å². The topological polar surface area (TPSA) is 58.8 Å². The van der Waals surface area contributed by atoms with Gasteiger partial charge >= 0.3 is 0 Å². The molecule has 0 bridgehead atoms. The molecule has 2 atom stereocenters. The van der Waals surface area contributed by atoms with Gasteiger partial charge in [0.25, 0.3) is 5.91 Å². The molecule has 0 saturated carbocycles. The number of amides is 1. The van der Waals surface area contributed by atoms with Crippen molar-refractivity contribution in [2.75, 3.05) is 39.3 Å². The van der Waals surface area contributed by atoms with Crippen molar-refractivity contribution >= 4 is 42.1 Å². The van der Waals surface area contributed by atoms with E-state index in [1.165, 1.54) is 4.88 Å². The number of hydrogen-bond acceptors (Lipinski definition) is 5. The fourth-order valence-corrected chi connectivity index (χ4v) is 3.88. The average Bonchev–Trinajstić information content (AvgIpc) is 3.24. The van der Waals surface area contributed by atoms with Crippen LogP contribution in [0.4, 0.5) is 0 Å². The van der Waals surface area contributed by atoms with Crippen molar-refractivity contribution in [3.05, 3.63) is 22.4 Å². The van der Waals surface area contributed by atoms with E-state index in [9.17, 15) is 4.79 Å². The van der Waals surface area contributed by atoms with Crippen LogP contribution in [0.25, 0.3) is 0 Å². The lowest BCUT2D eigenvalue weighted by molar-refractivity contribution is -0.144. The Labute approximate surface area is 160 Å². The van der Waals surface area contributed by atoms with Gasteiger partial charge in [0.15, 0.2) is 0 Å². The molecule has 2 aliphatic heterocycles. The van der Waals surface area contributed by atoms with Crippen molar-refractivity contribution in [3.63, 3.8) is 0 Å². The molecule has 2 saturated heterocycles. The molecule has 0 spiro atoms. The number of carbonyl (C=O) groups is 1. The third-order valence-electron chi connectivity index (χ3n) is 4.58. The van der Waals surface area contributed by atoms with Crippen LogP contribution in [0.15, 0.2) is 17.5 Å². The van der Waals surface area contributed by atoms with Crippen molar-refractivity contribution in [1.82, 2.24) is 9.80 Å². The van der Waals surface area contributed by atoms with Crippen LogP contribution < -0.4 is 5.73 Å². The molecule has 2 fully saturated rings. The number of thiophene rings is 1. The molecule has 1 aromatic heterocycles. The Morgan fingerprint density at radius 1 is 1.25 bits per heavy atom. The van der Waals surface area contributed by atoms with E-state index in [-0.39, 0.29) is 42.9 Å². The number of ether oxygens (including phenoxy) is 1. The van der Waals surface area contributed by atoms with Crippen molar-refractivity contribution in [2.45, 2.75) is 31.5 Å². The third-order valence-corrected chi connectivity index (χ3v) is 5.52. The number of hydrogen-bond donors (Lipinski definition) is 1. The van der Waals surface area contributed by atoms with Gasteiger partial charge in [-0.1, -0.05) is 6.07 Å². The molecular formula is C16H27Cl2N3O2S. The van der Waals surface area contributed by atoms with Gasteiger partial charge in [0.1, 0.15) is 6.10 Å². The number of nitrogens with zero attached hydrogens (tertiary/aromatic N) is 2. The van der Waals surface area contributed by atoms with Gasteiger partial charge in [0.2, 0.25) is 0 Å². The van der Waals surface area contributed by atoms with E-state index in [1.807, 2.05) is 16.2 Å². The summed E-state index contributed by atoms with van der Waals surface area (Å²) in [5.74, 6) is 0.161. The summed E-state index contributed by atoms with van der Waals surface area (Å²) in [6, 6.07) is 4.29. The molecule has 2 aliphatic rings. The van der Waals surface area contributed by atoms with E-state index in [4.69, 9.17) is 10.5 Å². The summed E-state index contributed by atoms with van der Waals surface area (Å²) in [5, 5.41) is 2.13. The van der Waals surface area contributed by atoms with Gasteiger partial charge in [0.05, 0.1) is 6.10 Å². The standard InChI is InChI=1S/C16H25N3O2S.2ClH/c17-12-13-3-4-15(21-13)16(20)19-9-7-18(8-10-19)6-5-14-2-1-11-22-14;;/h1-2,11,13,15H,3-10,12,17H2;2*1H/t13-,15+;;/m1../s1. The zero-order valence-electron chi connectivity index (χ0n) is 13.8. The van der Waals surface area contributed by atoms with Crippen LogP contribution in [0.5, 0.6) is 0 Å². The summed E-state index contributed by atoms with van der Waals surface area (Å²) in [6.45, 7) is 5.15. The van der Waals surface area contributed by atoms with E-state index < -0.39 is 0 Å². The van der Waals surface area contributed by atoms with Gasteiger partial charge in [-0.2, -0.15) is 0 Å². The Morgan fingerprint density at radius 2 is 2.00 bits per heavy atom. The first-order valence-corrected chi connectivity index (χ1v) is 9.03. The zero-order chi connectivity index (χ0) is 15.4. The molecule has 1 aromatic rings. The Kier molecular flexibility index (Phi) is 9.56. The SMILES string of the molecule is Cl.Cl.NC[C@H]1CC[C@@H](C(=O)N2CCN(CCc3cccs3)CC2)O1. The highest BCUT2D eigenvalue weighted by atomic mass is 35.5. The highest BCUT2D eigenvalue weighted by Gasteiger charge is 2.33. The molecule has 0 radical (unpaired) electrons. The lowest BCUT2D eigenvalue weighted by Gasteiger charge is -2.35. The molecule has 2 N–H and O–H groups in total. The van der Waals surface area contributed by atoms with Crippen molar-refractivity contribution in [3.8, 4) is 0 Å². The average molecular weight is 396 g/mol. The van der Waals surface area contributed by atoms with Gasteiger partial charge < -0.3 is 15.4 Å². The molecule has 5 nitrogen and oxygen atoms in total. The molecule has 1 amide bonds. The molecule has 138 valence electrons. The quantitative estimate of drug-likeness (QED) is 0.825. The fourth-order valence-electron chi connectivity index (χ4n) is 3.18. The maximum atomic E-state index is 12.5. The number of rotatable bonds is 5. The minimum Gasteiger partial charge on any atom is -0.364 e. The number of nitrogens with two attached hydrogens (primary N) is 1. The van der Waals surface area contributed by atoms with Gasteiger partial charge in [-0.05, 0) is 30.7 Å². The predicted molar refractivity (Wildman–Crippen MR) is 102 cm³/mol. The van der Waals surface area contributed by atoms with Gasteiger partial charge in [-0.15, -0.1) is 36.2 Å². The van der Waals surface area contributed by atoms with Crippen LogP contribution in [0.1, 0.15) is 17.7 Å². The summed E-state index contributed by atoms with van der Waals surface area (Å²) >= 11 is 1.82. The van der Waals surface area contributed by atoms with Crippen LogP contribution in [-0.4, -0.2) is 67.2 Å². The van der Waals surface area contributed by atoms with E-state index in [1.54, 1.807) is 0 Å². The molecule has 3 heterocycles. The maximum absolute atomic E-state index is 12.5. The van der Waals surface area contributed by atoms with Crippen LogP contribution in [0.2, 0.25) is 0 Å². The summed E-state index contributed by atoms with van der Waals surface area (Å²) in [4.78, 5) is 18.3. The second-order valence-electron chi connectivity index (χ2n) is 6.06. The third kappa shape index (κ3) is 5.58. The zero-order valence-corrected chi connectivity index (χ0v) is 16.2. The van der Waals surface area contributed by atoms with Crippen molar-refractivity contribution < 1.29 is 9.53 Å². The smallest absolute Gasteiger partial charge is 0.251 e. The molecule has 0 aliphatic carbocycles. The fraction of sp³-hybridized carbons (Fsp3) is 0.688. The first-order chi connectivity index (χ1) is 10.8. The first kappa shape index (κ1) is 21.7. The second kappa shape index (κ2) is 10.6. The minimum absolute atomic E-state index is 0. The van der Waals surface area contributed by atoms with Crippen LogP contribution in [-0.2, 0) is 16.0 Å². The largest absolute Gasteiger partial charge is 0.364 e. The molecule has 0 aromatic carbocycles. The highest BCUT2D eigenvalue weighted by Crippen LogP contribution is 2.21. The Hall–Kier alpha value is -0.370. The molecule has 24 heavy (non-hydrogen) atoms. The summed E-state index contributed by atoms with van der Waals surface area (Å²) in [7, 11) is 0. The van der Waals surface area contributed by atoms with Crippen molar-refractivity contribution in [1.29, 1.82) is 0 Å². The first-order valence-electron chi connectivity index (χ1n) is 8.15. The normalized spacial score (nSPS) is 24.3. The molecule has 3 rings (SSSR count). The molecule has 0 unspecified atom stereocenters. The molecular weight excluding hydrogens is 369 g/mol. The minimum atomic E-state index is -0.258. The number of carbonyl (C=O) groups excluding carboxylic acids is 1. The predicted octanol–water partition coefficient (Wildman–Crippen LogP) is 1.78. The summed E-state index contributed by atoms with van der Waals surface area (Å²) < 4.78 is 5.72. The van der Waals surface area contributed by atoms with E-state index in [0.717, 1.165) is 52.0 Å².